The molecule has 1 rings (SSSR count). The van der Waals surface area contributed by atoms with E-state index in [0.29, 0.717) is 11.4 Å². The fraction of sp³-hybridized carbons (Fsp3) is 0.923. The van der Waals surface area contributed by atoms with Gasteiger partial charge < -0.3 is 10.6 Å². The number of nitrogens with one attached hydrogen (secondary N) is 2. The molecule has 2 N–H and O–H groups in total. The Morgan fingerprint density at radius 2 is 1.80 bits per heavy atom. The second-order valence-electron chi connectivity index (χ2n) is 5.28. The first-order chi connectivity index (χ1) is 8.91. The van der Waals surface area contributed by atoms with Crippen LogP contribution in [-0.4, -0.2) is 32.3 Å². The van der Waals surface area contributed by atoms with Gasteiger partial charge in [-0.15, -0.1) is 24.0 Å². The topological polar surface area (TPSA) is 36.4 Å². The van der Waals surface area contributed by atoms with Crippen molar-refractivity contribution in [2.24, 2.45) is 10.4 Å². The second kappa shape index (κ2) is 8.94. The van der Waals surface area contributed by atoms with E-state index in [1.807, 2.05) is 0 Å². The van der Waals surface area contributed by atoms with Crippen molar-refractivity contribution in [3.63, 3.8) is 0 Å². The second-order valence-corrected chi connectivity index (χ2v) is 5.28. The van der Waals surface area contributed by atoms with Crippen molar-refractivity contribution in [1.82, 2.24) is 10.6 Å². The van der Waals surface area contributed by atoms with Gasteiger partial charge in [0.2, 0.25) is 0 Å². The zero-order valence-electron chi connectivity index (χ0n) is 12.1. The number of guanidine groups is 1. The Morgan fingerprint density at radius 3 is 2.25 bits per heavy atom. The van der Waals surface area contributed by atoms with E-state index in [9.17, 15) is 13.2 Å². The Hall–Kier alpha value is -0.210. The number of rotatable bonds is 5. The molecule has 1 fully saturated rings. The van der Waals surface area contributed by atoms with Crippen LogP contribution in [0.4, 0.5) is 13.2 Å². The molecule has 0 spiro atoms. The smallest absolute Gasteiger partial charge is 0.356 e. The molecule has 1 aliphatic carbocycles. The highest BCUT2D eigenvalue weighted by Gasteiger charge is 2.32. The van der Waals surface area contributed by atoms with E-state index >= 15 is 0 Å². The molecular weight excluding hydrogens is 382 g/mol. The first-order valence-corrected chi connectivity index (χ1v) is 6.92. The average Bonchev–Trinajstić information content (AvgIpc) is 2.81. The molecular formula is C13H25F3IN3. The summed E-state index contributed by atoms with van der Waals surface area (Å²) >= 11 is 0. The summed E-state index contributed by atoms with van der Waals surface area (Å²) in [7, 11) is 1.58. The van der Waals surface area contributed by atoms with Gasteiger partial charge in [-0.2, -0.15) is 13.2 Å². The summed E-state index contributed by atoms with van der Waals surface area (Å²) in [5.74, 6) is 0.462. The summed E-state index contributed by atoms with van der Waals surface area (Å²) in [6, 6.07) is 0. The third-order valence-corrected chi connectivity index (χ3v) is 3.97. The maximum atomic E-state index is 12.1. The van der Waals surface area contributed by atoms with Gasteiger partial charge >= 0.3 is 6.18 Å². The summed E-state index contributed by atoms with van der Waals surface area (Å²) in [6.45, 7) is 2.82. The molecule has 0 aromatic carbocycles. The molecule has 0 heterocycles. The van der Waals surface area contributed by atoms with Crippen molar-refractivity contribution >= 4 is 29.9 Å². The van der Waals surface area contributed by atoms with Crippen LogP contribution in [-0.2, 0) is 0 Å². The standard InChI is InChI=1S/C13H24F3N3.HI/c1-3-12(6-4-5-7-12)10-19-11(17-2)18-9-8-13(14,15)16;/h3-10H2,1-2H3,(H2,17,18,19);1H. The Kier molecular flexibility index (Phi) is 8.85. The van der Waals surface area contributed by atoms with E-state index in [-0.39, 0.29) is 30.5 Å². The number of hydrogen-bond acceptors (Lipinski definition) is 1. The predicted molar refractivity (Wildman–Crippen MR) is 86.6 cm³/mol. The molecule has 0 atom stereocenters. The van der Waals surface area contributed by atoms with Gasteiger partial charge in [-0.25, -0.2) is 0 Å². The third kappa shape index (κ3) is 6.99. The van der Waals surface area contributed by atoms with Crippen LogP contribution in [0.15, 0.2) is 4.99 Å². The zero-order chi connectivity index (χ0) is 14.4. The molecule has 0 aliphatic heterocycles. The monoisotopic (exact) mass is 407 g/mol. The lowest BCUT2D eigenvalue weighted by Gasteiger charge is -2.28. The normalized spacial score (nSPS) is 18.6. The van der Waals surface area contributed by atoms with Crippen molar-refractivity contribution in [3.8, 4) is 0 Å². The third-order valence-electron chi connectivity index (χ3n) is 3.97. The molecule has 0 bridgehead atoms. The van der Waals surface area contributed by atoms with Gasteiger partial charge in [0, 0.05) is 20.1 Å². The Morgan fingerprint density at radius 1 is 1.20 bits per heavy atom. The van der Waals surface area contributed by atoms with Crippen LogP contribution in [0.1, 0.15) is 45.4 Å². The molecule has 0 saturated heterocycles. The highest BCUT2D eigenvalue weighted by atomic mass is 127. The van der Waals surface area contributed by atoms with E-state index in [1.54, 1.807) is 7.05 Å². The van der Waals surface area contributed by atoms with Gasteiger partial charge in [-0.1, -0.05) is 19.8 Å². The van der Waals surface area contributed by atoms with Crippen LogP contribution in [0.25, 0.3) is 0 Å². The number of aliphatic imine (C=N–C) groups is 1. The minimum absolute atomic E-state index is 0. The van der Waals surface area contributed by atoms with E-state index in [2.05, 4.69) is 22.5 Å². The molecule has 0 aromatic rings. The molecule has 0 unspecified atom stereocenters. The van der Waals surface area contributed by atoms with Crippen molar-refractivity contribution in [2.45, 2.75) is 51.6 Å². The number of alkyl halides is 3. The number of nitrogens with zero attached hydrogens (tertiary/aromatic N) is 1. The lowest BCUT2D eigenvalue weighted by molar-refractivity contribution is -0.132. The van der Waals surface area contributed by atoms with Crippen molar-refractivity contribution in [1.29, 1.82) is 0 Å². The van der Waals surface area contributed by atoms with Gasteiger partial charge in [0.05, 0.1) is 6.42 Å². The molecule has 1 saturated carbocycles. The first kappa shape index (κ1) is 19.8. The quantitative estimate of drug-likeness (QED) is 0.415. The highest BCUT2D eigenvalue weighted by molar-refractivity contribution is 14.0. The lowest BCUT2D eigenvalue weighted by Crippen LogP contribution is -2.43. The van der Waals surface area contributed by atoms with Crippen molar-refractivity contribution in [3.05, 3.63) is 0 Å². The van der Waals surface area contributed by atoms with Crippen molar-refractivity contribution < 1.29 is 13.2 Å². The Balaban J connectivity index is 0.00000361. The van der Waals surface area contributed by atoms with Gasteiger partial charge in [-0.05, 0) is 24.7 Å². The largest absolute Gasteiger partial charge is 0.390 e. The predicted octanol–water partition coefficient (Wildman–Crippen LogP) is 3.69. The first-order valence-electron chi connectivity index (χ1n) is 6.92. The van der Waals surface area contributed by atoms with Crippen LogP contribution in [0.3, 0.4) is 0 Å². The summed E-state index contributed by atoms with van der Waals surface area (Å²) < 4.78 is 36.2. The molecule has 120 valence electrons. The molecule has 0 radical (unpaired) electrons. The summed E-state index contributed by atoms with van der Waals surface area (Å²) in [5, 5.41) is 5.87. The van der Waals surface area contributed by atoms with Gasteiger partial charge in [0.25, 0.3) is 0 Å². The van der Waals surface area contributed by atoms with Crippen molar-refractivity contribution in [2.75, 3.05) is 20.1 Å². The molecule has 20 heavy (non-hydrogen) atoms. The van der Waals surface area contributed by atoms with Crippen LogP contribution < -0.4 is 10.6 Å². The van der Waals surface area contributed by atoms with E-state index < -0.39 is 12.6 Å². The SMILES string of the molecule is CCC1(CNC(=NC)NCCC(F)(F)F)CCCC1.I. The van der Waals surface area contributed by atoms with Crippen LogP contribution in [0.2, 0.25) is 0 Å². The Bertz CT molecular complexity index is 300. The summed E-state index contributed by atoms with van der Waals surface area (Å²) in [4.78, 5) is 3.96. The van der Waals surface area contributed by atoms with Gasteiger partial charge in [-0.3, -0.25) is 4.99 Å². The highest BCUT2D eigenvalue weighted by Crippen LogP contribution is 2.40. The maximum absolute atomic E-state index is 12.1. The van der Waals surface area contributed by atoms with Gasteiger partial charge in [0.15, 0.2) is 5.96 Å². The van der Waals surface area contributed by atoms with Gasteiger partial charge in [0.1, 0.15) is 0 Å². The molecule has 0 amide bonds. The van der Waals surface area contributed by atoms with Crippen LogP contribution in [0, 0.1) is 5.41 Å². The molecule has 0 aromatic heterocycles. The summed E-state index contributed by atoms with van der Waals surface area (Å²) in [6.07, 6.45) is 1.01. The molecule has 3 nitrogen and oxygen atoms in total. The minimum atomic E-state index is -4.12. The maximum Gasteiger partial charge on any atom is 0.390 e. The van der Waals surface area contributed by atoms with Crippen LogP contribution >= 0.6 is 24.0 Å². The fourth-order valence-corrected chi connectivity index (χ4v) is 2.59. The fourth-order valence-electron chi connectivity index (χ4n) is 2.59. The zero-order valence-corrected chi connectivity index (χ0v) is 14.5. The minimum Gasteiger partial charge on any atom is -0.356 e. The van der Waals surface area contributed by atoms with E-state index in [1.165, 1.54) is 25.7 Å². The van der Waals surface area contributed by atoms with E-state index in [0.717, 1.165) is 13.0 Å². The Labute approximate surface area is 136 Å². The number of halogens is 4. The van der Waals surface area contributed by atoms with E-state index in [4.69, 9.17) is 0 Å². The van der Waals surface area contributed by atoms with Crippen LogP contribution in [0.5, 0.6) is 0 Å². The molecule has 1 aliphatic rings. The average molecular weight is 407 g/mol. The summed E-state index contributed by atoms with van der Waals surface area (Å²) in [5.41, 5.74) is 0.293. The number of hydrogen-bond donors (Lipinski definition) is 2. The lowest BCUT2D eigenvalue weighted by atomic mass is 9.83. The molecule has 7 heteroatoms.